The van der Waals surface area contributed by atoms with E-state index in [0.29, 0.717) is 18.2 Å². The number of hydrogen-bond donors (Lipinski definition) is 2. The van der Waals surface area contributed by atoms with Crippen LogP contribution in [0.5, 0.6) is 0 Å². The normalized spacial score (nSPS) is 11.3. The Balaban J connectivity index is 2.45. The average molecular weight is 230 g/mol. The van der Waals surface area contributed by atoms with E-state index in [4.69, 9.17) is 0 Å². The molecular formula is C8H14N4O2S. The Morgan fingerprint density at radius 3 is 2.80 bits per heavy atom. The summed E-state index contributed by atoms with van der Waals surface area (Å²) >= 11 is 0. The van der Waals surface area contributed by atoms with E-state index in [1.807, 2.05) is 0 Å². The number of rotatable bonds is 5. The van der Waals surface area contributed by atoms with E-state index in [1.54, 1.807) is 19.2 Å². The molecule has 1 aromatic heterocycles. The van der Waals surface area contributed by atoms with E-state index >= 15 is 0 Å². The second-order valence-electron chi connectivity index (χ2n) is 2.94. The summed E-state index contributed by atoms with van der Waals surface area (Å²) in [4.78, 5) is 8.01. The molecule has 7 heteroatoms. The number of hydrogen-bond acceptors (Lipinski definition) is 5. The minimum atomic E-state index is -3.16. The second-order valence-corrected chi connectivity index (χ2v) is 4.98. The summed E-state index contributed by atoms with van der Waals surface area (Å²) in [5.74, 6) is 1.30. The van der Waals surface area contributed by atoms with E-state index in [9.17, 15) is 8.42 Å². The molecular weight excluding hydrogens is 216 g/mol. The molecule has 1 rings (SSSR count). The van der Waals surface area contributed by atoms with Gasteiger partial charge in [-0.3, -0.25) is 0 Å². The molecule has 0 aliphatic heterocycles. The molecule has 1 aromatic rings. The molecule has 0 fully saturated rings. The Hall–Kier alpha value is -1.21. The van der Waals surface area contributed by atoms with Crippen LogP contribution in [-0.4, -0.2) is 37.7 Å². The average Bonchev–Trinajstić information content (AvgIpc) is 2.18. The van der Waals surface area contributed by atoms with Crippen molar-refractivity contribution in [2.75, 3.05) is 24.7 Å². The molecule has 0 saturated carbocycles. The molecule has 0 aromatic carbocycles. The van der Waals surface area contributed by atoms with Crippen LogP contribution in [0.2, 0.25) is 0 Å². The maximum Gasteiger partial charge on any atom is 0.213 e. The van der Waals surface area contributed by atoms with Crippen LogP contribution in [0, 0.1) is 6.92 Å². The second kappa shape index (κ2) is 5.04. The quantitative estimate of drug-likeness (QED) is 0.728. The Labute approximate surface area is 89.2 Å². The number of aryl methyl sites for hydroxylation is 1. The predicted molar refractivity (Wildman–Crippen MR) is 58.1 cm³/mol. The van der Waals surface area contributed by atoms with Crippen LogP contribution >= 0.6 is 0 Å². The lowest BCUT2D eigenvalue weighted by atomic mass is 10.5. The van der Waals surface area contributed by atoms with Gasteiger partial charge in [0, 0.05) is 12.7 Å². The maximum atomic E-state index is 11.1. The zero-order valence-corrected chi connectivity index (χ0v) is 9.50. The SMILES string of the molecule is CNS(=O)(=O)CCNc1ccnc(C)n1. The van der Waals surface area contributed by atoms with Crippen molar-refractivity contribution in [2.24, 2.45) is 0 Å². The molecule has 15 heavy (non-hydrogen) atoms. The van der Waals surface area contributed by atoms with Gasteiger partial charge in [-0.25, -0.2) is 23.1 Å². The van der Waals surface area contributed by atoms with Gasteiger partial charge in [0.25, 0.3) is 0 Å². The standard InChI is InChI=1S/C8H14N4O2S/c1-7-10-4-3-8(12-7)11-5-6-15(13,14)9-2/h3-4,9H,5-6H2,1-2H3,(H,10,11,12). The van der Waals surface area contributed by atoms with E-state index in [2.05, 4.69) is 20.0 Å². The Kier molecular flexibility index (Phi) is 3.98. The highest BCUT2D eigenvalue weighted by Gasteiger charge is 2.05. The fraction of sp³-hybridized carbons (Fsp3) is 0.500. The van der Waals surface area contributed by atoms with Crippen molar-refractivity contribution in [2.45, 2.75) is 6.92 Å². The highest BCUT2D eigenvalue weighted by molar-refractivity contribution is 7.89. The number of aromatic nitrogens is 2. The van der Waals surface area contributed by atoms with Gasteiger partial charge in [0.15, 0.2) is 0 Å². The molecule has 0 aliphatic rings. The first-order valence-electron chi connectivity index (χ1n) is 4.48. The van der Waals surface area contributed by atoms with Crippen LogP contribution in [0.1, 0.15) is 5.82 Å². The molecule has 0 spiro atoms. The highest BCUT2D eigenvalue weighted by Crippen LogP contribution is 2.00. The van der Waals surface area contributed by atoms with E-state index in [0.717, 1.165) is 0 Å². The summed E-state index contributed by atoms with van der Waals surface area (Å²) in [7, 11) is -1.76. The van der Waals surface area contributed by atoms with Crippen LogP contribution in [0.25, 0.3) is 0 Å². The minimum Gasteiger partial charge on any atom is -0.369 e. The van der Waals surface area contributed by atoms with Gasteiger partial charge in [0.05, 0.1) is 5.75 Å². The van der Waals surface area contributed by atoms with E-state index in [-0.39, 0.29) is 5.75 Å². The topological polar surface area (TPSA) is 84.0 Å². The van der Waals surface area contributed by atoms with Gasteiger partial charge in [-0.05, 0) is 20.0 Å². The zero-order chi connectivity index (χ0) is 11.3. The van der Waals surface area contributed by atoms with Crippen molar-refractivity contribution < 1.29 is 8.42 Å². The summed E-state index contributed by atoms with van der Waals surface area (Å²) in [6.07, 6.45) is 1.62. The minimum absolute atomic E-state index is 0.0204. The first-order valence-corrected chi connectivity index (χ1v) is 6.13. The molecule has 0 saturated heterocycles. The number of nitrogens with zero attached hydrogens (tertiary/aromatic N) is 2. The van der Waals surface area contributed by atoms with E-state index in [1.165, 1.54) is 7.05 Å². The van der Waals surface area contributed by atoms with Crippen molar-refractivity contribution in [1.82, 2.24) is 14.7 Å². The summed E-state index contributed by atoms with van der Waals surface area (Å²) in [5.41, 5.74) is 0. The van der Waals surface area contributed by atoms with Gasteiger partial charge >= 0.3 is 0 Å². The summed E-state index contributed by atoms with van der Waals surface area (Å²) in [6.45, 7) is 2.09. The summed E-state index contributed by atoms with van der Waals surface area (Å²) in [5, 5.41) is 2.91. The molecule has 0 atom stereocenters. The van der Waals surface area contributed by atoms with Gasteiger partial charge < -0.3 is 5.32 Å². The lowest BCUT2D eigenvalue weighted by Gasteiger charge is -2.05. The maximum absolute atomic E-state index is 11.1. The first-order chi connectivity index (χ1) is 7.03. The zero-order valence-electron chi connectivity index (χ0n) is 8.69. The third-order valence-electron chi connectivity index (χ3n) is 1.76. The largest absolute Gasteiger partial charge is 0.369 e. The summed E-state index contributed by atoms with van der Waals surface area (Å²) < 4.78 is 24.4. The molecule has 84 valence electrons. The van der Waals surface area contributed by atoms with Gasteiger partial charge in [-0.2, -0.15) is 0 Å². The molecule has 1 heterocycles. The summed E-state index contributed by atoms with van der Waals surface area (Å²) in [6, 6.07) is 1.69. The van der Waals surface area contributed by atoms with Gasteiger partial charge in [0.1, 0.15) is 11.6 Å². The van der Waals surface area contributed by atoms with Crippen LogP contribution in [-0.2, 0) is 10.0 Å². The van der Waals surface area contributed by atoms with Crippen molar-refractivity contribution in [3.63, 3.8) is 0 Å². The molecule has 0 bridgehead atoms. The van der Waals surface area contributed by atoms with Crippen molar-refractivity contribution in [3.8, 4) is 0 Å². The van der Waals surface area contributed by atoms with E-state index < -0.39 is 10.0 Å². The van der Waals surface area contributed by atoms with Gasteiger partial charge in [0.2, 0.25) is 10.0 Å². The molecule has 0 unspecified atom stereocenters. The molecule has 0 amide bonds. The van der Waals surface area contributed by atoms with Crippen molar-refractivity contribution in [1.29, 1.82) is 0 Å². The number of sulfonamides is 1. The third kappa shape index (κ3) is 4.22. The Morgan fingerprint density at radius 1 is 1.47 bits per heavy atom. The predicted octanol–water partition coefficient (Wildman–Crippen LogP) is -0.254. The lowest BCUT2D eigenvalue weighted by Crippen LogP contribution is -2.26. The molecule has 6 nitrogen and oxygen atoms in total. The first kappa shape index (κ1) is 11.9. The Morgan fingerprint density at radius 2 is 2.20 bits per heavy atom. The lowest BCUT2D eigenvalue weighted by molar-refractivity contribution is 0.588. The molecule has 2 N–H and O–H groups in total. The number of nitrogens with one attached hydrogen (secondary N) is 2. The van der Waals surface area contributed by atoms with Crippen LogP contribution in [0.15, 0.2) is 12.3 Å². The van der Waals surface area contributed by atoms with Gasteiger partial charge in [-0.15, -0.1) is 0 Å². The van der Waals surface area contributed by atoms with Crippen LogP contribution in [0.3, 0.4) is 0 Å². The van der Waals surface area contributed by atoms with Crippen molar-refractivity contribution >= 4 is 15.8 Å². The van der Waals surface area contributed by atoms with Gasteiger partial charge in [-0.1, -0.05) is 0 Å². The fourth-order valence-corrected chi connectivity index (χ4v) is 1.55. The van der Waals surface area contributed by atoms with Crippen molar-refractivity contribution in [3.05, 3.63) is 18.1 Å². The highest BCUT2D eigenvalue weighted by atomic mass is 32.2. The number of anilines is 1. The fourth-order valence-electron chi connectivity index (χ4n) is 0.970. The molecule has 0 aliphatic carbocycles. The third-order valence-corrected chi connectivity index (χ3v) is 3.13. The van der Waals surface area contributed by atoms with Crippen LogP contribution < -0.4 is 10.0 Å². The molecule has 0 radical (unpaired) electrons. The monoisotopic (exact) mass is 230 g/mol. The smallest absolute Gasteiger partial charge is 0.213 e. The Bertz CT molecular complexity index is 418. The van der Waals surface area contributed by atoms with Crippen LogP contribution in [0.4, 0.5) is 5.82 Å².